The fourth-order valence-corrected chi connectivity index (χ4v) is 7.72. The number of phosphoric ester groups is 1. The van der Waals surface area contributed by atoms with Gasteiger partial charge >= 0.3 is 19.8 Å². The van der Waals surface area contributed by atoms with Crippen molar-refractivity contribution < 1.29 is 47.8 Å². The van der Waals surface area contributed by atoms with Crippen molar-refractivity contribution in [1.29, 1.82) is 0 Å². The average molecular weight is 960 g/mol. The summed E-state index contributed by atoms with van der Waals surface area (Å²) in [7, 11) is -4.78. The minimum absolute atomic E-state index is 0.0613. The normalized spacial score (nSPS) is 14.2. The number of phosphoric acid groups is 1. The van der Waals surface area contributed by atoms with Gasteiger partial charge in [0.2, 0.25) is 5.91 Å². The topological polar surface area (TPSA) is 169 Å². The summed E-state index contributed by atoms with van der Waals surface area (Å²) >= 11 is 0. The van der Waals surface area contributed by atoms with E-state index in [1.54, 1.807) is 0 Å². The molecule has 4 N–H and O–H groups in total. The second-order valence-electron chi connectivity index (χ2n) is 17.3. The maximum atomic E-state index is 12.3. The van der Waals surface area contributed by atoms with Gasteiger partial charge in [-0.2, -0.15) is 0 Å². The van der Waals surface area contributed by atoms with E-state index in [-0.39, 0.29) is 12.8 Å². The van der Waals surface area contributed by atoms with Crippen LogP contribution < -0.4 is 5.32 Å². The second-order valence-corrected chi connectivity index (χ2v) is 18.8. The highest BCUT2D eigenvalue weighted by molar-refractivity contribution is 7.47. The van der Waals surface area contributed by atoms with Crippen molar-refractivity contribution in [1.82, 2.24) is 5.32 Å². The number of rotatable bonds is 48. The number of hydrogen-bond acceptors (Lipinski definition) is 8. The number of carbonyl (C=O) groups excluding carboxylic acids is 2. The molecule has 0 aromatic rings. The predicted octanol–water partition coefficient (Wildman–Crippen LogP) is 14.6. The molecule has 384 valence electrons. The lowest BCUT2D eigenvalue weighted by Gasteiger charge is -2.18. The van der Waals surface area contributed by atoms with Crippen LogP contribution in [0.25, 0.3) is 0 Å². The smallest absolute Gasteiger partial charge is 0.472 e. The van der Waals surface area contributed by atoms with E-state index < -0.39 is 57.6 Å². The minimum atomic E-state index is -4.78. The maximum absolute atomic E-state index is 12.3. The van der Waals surface area contributed by atoms with Gasteiger partial charge in [0.25, 0.3) is 0 Å². The first-order valence-electron chi connectivity index (χ1n) is 26.1. The summed E-state index contributed by atoms with van der Waals surface area (Å²) in [5, 5.41) is 21.9. The molecular weight excluding hydrogens is 866 g/mol. The highest BCUT2D eigenvalue weighted by Crippen LogP contribution is 2.43. The molecule has 1 amide bonds. The van der Waals surface area contributed by atoms with Crippen LogP contribution >= 0.6 is 7.82 Å². The summed E-state index contributed by atoms with van der Waals surface area (Å²) < 4.78 is 26.9. The molecule has 0 heterocycles. The monoisotopic (exact) mass is 960 g/mol. The molecule has 11 nitrogen and oxygen atoms in total. The molecule has 0 aliphatic rings. The van der Waals surface area contributed by atoms with Crippen LogP contribution in [0.2, 0.25) is 0 Å². The largest absolute Gasteiger partial charge is 0.480 e. The van der Waals surface area contributed by atoms with Gasteiger partial charge in [0.05, 0.1) is 13.2 Å². The maximum Gasteiger partial charge on any atom is 0.472 e. The molecule has 0 aromatic carbocycles. The molecule has 0 aromatic heterocycles. The van der Waals surface area contributed by atoms with Gasteiger partial charge in [-0.05, 0) is 64.2 Å². The number of ether oxygens (including phenoxy) is 1. The van der Waals surface area contributed by atoms with Gasteiger partial charge in [0, 0.05) is 12.8 Å². The number of carbonyl (C=O) groups is 3. The predicted molar refractivity (Wildman–Crippen MR) is 277 cm³/mol. The van der Waals surface area contributed by atoms with E-state index in [1.807, 2.05) is 12.2 Å². The Bertz CT molecular complexity index is 1450. The zero-order valence-corrected chi connectivity index (χ0v) is 42.8. The summed E-state index contributed by atoms with van der Waals surface area (Å²) in [6.07, 6.45) is 61.9. The molecule has 0 aliphatic carbocycles. The van der Waals surface area contributed by atoms with E-state index in [2.05, 4.69) is 92.1 Å². The summed E-state index contributed by atoms with van der Waals surface area (Å²) in [5.74, 6) is -2.46. The van der Waals surface area contributed by atoms with Crippen molar-refractivity contribution in [3.63, 3.8) is 0 Å². The van der Waals surface area contributed by atoms with Crippen molar-refractivity contribution in [2.24, 2.45) is 0 Å². The van der Waals surface area contributed by atoms with Crippen LogP contribution in [0.1, 0.15) is 213 Å². The van der Waals surface area contributed by atoms with Crippen molar-refractivity contribution in [3.05, 3.63) is 85.1 Å². The Morgan fingerprint density at radius 1 is 0.493 bits per heavy atom. The summed E-state index contributed by atoms with van der Waals surface area (Å²) in [4.78, 5) is 46.1. The average Bonchev–Trinajstić information content (AvgIpc) is 3.31. The number of carboxylic acids is 1. The number of unbranched alkanes of at least 4 members (excludes halogenated alkanes) is 20. The number of nitrogens with one attached hydrogen (secondary N) is 1. The number of allylic oxidation sites excluding steroid dienone is 14. The molecule has 0 rings (SSSR count). The van der Waals surface area contributed by atoms with E-state index in [0.29, 0.717) is 19.3 Å². The molecule has 0 aliphatic heterocycles. The lowest BCUT2D eigenvalue weighted by Crippen LogP contribution is -2.43. The fraction of sp³-hybridized carbons (Fsp3) is 0.691. The number of amides is 1. The lowest BCUT2D eigenvalue weighted by molar-refractivity contribution is -0.147. The third kappa shape index (κ3) is 48.9. The Kier molecular flexibility index (Phi) is 46.6. The number of carboxylic acid groups (broad SMARTS) is 1. The highest BCUT2D eigenvalue weighted by atomic mass is 31.2. The molecule has 0 radical (unpaired) electrons. The molecule has 3 unspecified atom stereocenters. The van der Waals surface area contributed by atoms with Crippen LogP contribution in [0.15, 0.2) is 85.1 Å². The van der Waals surface area contributed by atoms with E-state index in [9.17, 15) is 34.1 Å². The number of aliphatic carboxylic acids is 1. The third-order valence-electron chi connectivity index (χ3n) is 10.9. The zero-order valence-electron chi connectivity index (χ0n) is 41.9. The minimum Gasteiger partial charge on any atom is -0.480 e. The Labute approximate surface area is 407 Å². The zero-order chi connectivity index (χ0) is 49.2. The molecule has 0 spiro atoms. The first-order valence-corrected chi connectivity index (χ1v) is 27.6. The Hall–Kier alpha value is -3.34. The number of aliphatic hydroxyl groups is 1. The van der Waals surface area contributed by atoms with E-state index in [0.717, 1.165) is 64.2 Å². The molecule has 3 atom stereocenters. The molecule has 12 heteroatoms. The number of aliphatic hydroxyl groups excluding tert-OH is 1. The Morgan fingerprint density at radius 2 is 0.866 bits per heavy atom. The summed E-state index contributed by atoms with van der Waals surface area (Å²) in [6, 6.07) is -1.58. The molecule has 0 bridgehead atoms. The molecule has 0 saturated heterocycles. The molecular formula is C55H94NO10P. The SMILES string of the molecule is CC/C=C\C/C=C\C/C=C\C/C=C\C/C=C\C/C=C\C/C=C\CCCC(=O)NC(COP(=O)(O)OCC(O)COC(=O)CCCCCCCCCCCCCCCCCCCCCC)C(=O)O. The van der Waals surface area contributed by atoms with E-state index in [1.165, 1.54) is 103 Å². The summed E-state index contributed by atoms with van der Waals surface area (Å²) in [5.41, 5.74) is 0. The van der Waals surface area contributed by atoms with Gasteiger partial charge in [0.1, 0.15) is 12.7 Å². The van der Waals surface area contributed by atoms with Gasteiger partial charge in [-0.3, -0.25) is 18.6 Å². The third-order valence-corrected chi connectivity index (χ3v) is 11.9. The molecule has 0 saturated carbocycles. The molecule has 67 heavy (non-hydrogen) atoms. The number of hydrogen-bond donors (Lipinski definition) is 4. The van der Waals surface area contributed by atoms with Crippen LogP contribution in [0.4, 0.5) is 0 Å². The number of esters is 1. The second kappa shape index (κ2) is 49.1. The first-order chi connectivity index (χ1) is 32.6. The van der Waals surface area contributed by atoms with Crippen LogP contribution in [0.5, 0.6) is 0 Å². The van der Waals surface area contributed by atoms with Crippen LogP contribution in [0.3, 0.4) is 0 Å². The summed E-state index contributed by atoms with van der Waals surface area (Å²) in [6.45, 7) is 2.47. The van der Waals surface area contributed by atoms with Gasteiger partial charge in [-0.15, -0.1) is 0 Å². The van der Waals surface area contributed by atoms with Crippen LogP contribution in [-0.4, -0.2) is 64.9 Å². The first kappa shape index (κ1) is 63.7. The Balaban J connectivity index is 3.92. The Morgan fingerprint density at radius 3 is 1.27 bits per heavy atom. The van der Waals surface area contributed by atoms with Crippen molar-refractivity contribution in [3.8, 4) is 0 Å². The van der Waals surface area contributed by atoms with Gasteiger partial charge < -0.3 is 25.2 Å². The molecule has 0 fully saturated rings. The fourth-order valence-electron chi connectivity index (χ4n) is 6.95. The van der Waals surface area contributed by atoms with Gasteiger partial charge in [0.15, 0.2) is 6.04 Å². The van der Waals surface area contributed by atoms with Crippen molar-refractivity contribution in [2.75, 3.05) is 19.8 Å². The van der Waals surface area contributed by atoms with Crippen molar-refractivity contribution >= 4 is 25.7 Å². The quantitative estimate of drug-likeness (QED) is 0.0199. The van der Waals surface area contributed by atoms with Crippen molar-refractivity contribution in [2.45, 2.75) is 225 Å². The van der Waals surface area contributed by atoms with Crippen LogP contribution in [-0.2, 0) is 32.7 Å². The lowest BCUT2D eigenvalue weighted by atomic mass is 10.0. The van der Waals surface area contributed by atoms with Gasteiger partial charge in [-0.1, -0.05) is 221 Å². The standard InChI is InChI=1S/C55H94NO10P/c1-3-5-7-9-11-13-15-17-19-21-23-25-26-27-28-30-32-34-36-38-40-42-44-46-53(58)56-52(55(60)61)50-66-67(62,63)65-49-51(57)48-64-54(59)47-45-43-41-39-37-35-33-31-29-24-22-20-18-16-14-12-10-8-6-4-2/h5,7,11,13,17,19,23,25,27-28,32,34,38,40,51-52,57H,3-4,6,8-10,12,14-16,18,20-22,24,26,29-31,33,35-37,39,41-50H2,1-2H3,(H,56,58)(H,60,61)(H,62,63)/b7-5-,13-11-,19-17-,25-23-,28-27-,34-32-,40-38-. The van der Waals surface area contributed by atoms with Crippen LogP contribution in [0, 0.1) is 0 Å². The van der Waals surface area contributed by atoms with Gasteiger partial charge in [-0.25, -0.2) is 9.36 Å². The van der Waals surface area contributed by atoms with E-state index in [4.69, 9.17) is 13.8 Å². The highest BCUT2D eigenvalue weighted by Gasteiger charge is 2.28. The van der Waals surface area contributed by atoms with E-state index >= 15 is 0 Å².